The van der Waals surface area contributed by atoms with Gasteiger partial charge in [-0.3, -0.25) is 5.01 Å². The van der Waals surface area contributed by atoms with E-state index in [9.17, 15) is 0 Å². The molecule has 1 aliphatic rings. The number of allylic oxidation sites excluding steroid dienone is 2. The molecular weight excluding hydrogens is 292 g/mol. The molecule has 2 heteroatoms. The van der Waals surface area contributed by atoms with E-state index in [1.54, 1.807) is 0 Å². The Hall–Kier alpha value is -0.920. The Bertz CT molecular complexity index is 309. The van der Waals surface area contributed by atoms with Gasteiger partial charge in [-0.2, -0.15) is 0 Å². The molecule has 0 aromatic carbocycles. The zero-order valence-corrected chi connectivity index (χ0v) is 16.3. The monoisotopic (exact) mass is 334 g/mol. The minimum Gasteiger partial charge on any atom is -0.306 e. The van der Waals surface area contributed by atoms with Crippen LogP contribution in [0, 0.1) is 0 Å². The molecule has 0 radical (unpaired) electrons. The molecule has 0 atom stereocenters. The van der Waals surface area contributed by atoms with Crippen molar-refractivity contribution in [3.63, 3.8) is 0 Å². The van der Waals surface area contributed by atoms with Crippen molar-refractivity contribution in [1.82, 2.24) is 10.4 Å². The van der Waals surface area contributed by atoms with E-state index in [4.69, 9.17) is 0 Å². The van der Waals surface area contributed by atoms with Gasteiger partial charge in [-0.1, -0.05) is 103 Å². The maximum absolute atomic E-state index is 3.24. The maximum atomic E-state index is 3.24. The zero-order chi connectivity index (χ0) is 17.1. The number of hydrogen-bond donors (Lipinski definition) is 1. The highest BCUT2D eigenvalue weighted by atomic mass is 15.5. The first-order valence-electron chi connectivity index (χ1n) is 10.8. The quantitative estimate of drug-likeness (QED) is 0.285. The first-order chi connectivity index (χ1) is 11.9. The highest BCUT2D eigenvalue weighted by molar-refractivity contribution is 5.04. The molecule has 0 spiro atoms. The molecule has 0 unspecified atom stereocenters. The van der Waals surface area contributed by atoms with Crippen LogP contribution < -0.4 is 5.43 Å². The third-order valence-corrected chi connectivity index (χ3v) is 4.97. The van der Waals surface area contributed by atoms with Gasteiger partial charge in [0.1, 0.15) is 0 Å². The summed E-state index contributed by atoms with van der Waals surface area (Å²) in [6.07, 6.45) is 31.2. The summed E-state index contributed by atoms with van der Waals surface area (Å²) in [7, 11) is 0. The Labute approximate surface area is 151 Å². The fourth-order valence-electron chi connectivity index (χ4n) is 3.36. The Balaban J connectivity index is 1.67. The number of unbranched alkanes of at least 4 members (excludes halogenated alkanes) is 15. The van der Waals surface area contributed by atoms with Crippen molar-refractivity contribution in [3.05, 3.63) is 24.6 Å². The molecule has 1 N–H and O–H groups in total. The molecular formula is C22H42N2. The number of nitrogens with one attached hydrogen (secondary N) is 1. The molecule has 0 bridgehead atoms. The van der Waals surface area contributed by atoms with Gasteiger partial charge in [-0.15, -0.1) is 0 Å². The zero-order valence-electron chi connectivity index (χ0n) is 16.3. The molecule has 140 valence electrons. The van der Waals surface area contributed by atoms with E-state index in [0.29, 0.717) is 0 Å². The molecule has 0 aliphatic carbocycles. The number of rotatable bonds is 17. The average molecular weight is 335 g/mol. The van der Waals surface area contributed by atoms with Crippen molar-refractivity contribution in [2.75, 3.05) is 6.54 Å². The molecule has 1 aliphatic heterocycles. The second-order valence-corrected chi connectivity index (χ2v) is 7.33. The Kier molecular flexibility index (Phi) is 14.9. The van der Waals surface area contributed by atoms with Crippen LogP contribution in [-0.4, -0.2) is 11.6 Å². The molecule has 0 aromatic heterocycles. The molecule has 0 amide bonds. The number of hydrazine groups is 1. The van der Waals surface area contributed by atoms with E-state index in [1.807, 2.05) is 12.3 Å². The lowest BCUT2D eigenvalue weighted by Gasteiger charge is -2.21. The molecule has 1 heterocycles. The van der Waals surface area contributed by atoms with Gasteiger partial charge in [-0.05, 0) is 18.6 Å². The SMILES string of the molecule is CCCCCCCCCCCCCCCCCCN1C=CC=CN1. The van der Waals surface area contributed by atoms with Crippen molar-refractivity contribution in [1.29, 1.82) is 0 Å². The topological polar surface area (TPSA) is 15.3 Å². The first kappa shape index (κ1) is 21.1. The highest BCUT2D eigenvalue weighted by Gasteiger charge is 1.98. The van der Waals surface area contributed by atoms with Crippen LogP contribution in [0.4, 0.5) is 0 Å². The predicted molar refractivity (Wildman–Crippen MR) is 108 cm³/mol. The van der Waals surface area contributed by atoms with Crippen LogP contribution >= 0.6 is 0 Å². The third kappa shape index (κ3) is 13.5. The number of nitrogens with zero attached hydrogens (tertiary/aromatic N) is 1. The van der Waals surface area contributed by atoms with Crippen LogP contribution in [0.2, 0.25) is 0 Å². The van der Waals surface area contributed by atoms with Crippen LogP contribution in [-0.2, 0) is 0 Å². The molecule has 1 rings (SSSR count). The van der Waals surface area contributed by atoms with E-state index in [1.165, 1.54) is 103 Å². The lowest BCUT2D eigenvalue weighted by Crippen LogP contribution is -2.31. The molecule has 24 heavy (non-hydrogen) atoms. The van der Waals surface area contributed by atoms with Gasteiger partial charge in [0.25, 0.3) is 0 Å². The van der Waals surface area contributed by atoms with Gasteiger partial charge in [0, 0.05) is 18.9 Å². The summed E-state index contributed by atoms with van der Waals surface area (Å²) in [6.45, 7) is 3.42. The second-order valence-electron chi connectivity index (χ2n) is 7.33. The summed E-state index contributed by atoms with van der Waals surface area (Å²) in [6, 6.07) is 0. The summed E-state index contributed by atoms with van der Waals surface area (Å²) < 4.78 is 0. The standard InChI is InChI=1S/C22H42N2/c1-2-3-4-5-6-7-8-9-10-11-12-13-14-15-16-18-21-24-22-19-17-20-23-24/h17,19-20,22-23H,2-16,18,21H2,1H3. The van der Waals surface area contributed by atoms with Gasteiger partial charge >= 0.3 is 0 Å². The summed E-state index contributed by atoms with van der Waals surface area (Å²) in [5, 5.41) is 2.17. The van der Waals surface area contributed by atoms with Gasteiger partial charge < -0.3 is 5.43 Å². The lowest BCUT2D eigenvalue weighted by molar-refractivity contribution is 0.303. The summed E-state index contributed by atoms with van der Waals surface area (Å²) >= 11 is 0. The molecule has 2 nitrogen and oxygen atoms in total. The molecule has 0 saturated heterocycles. The summed E-state index contributed by atoms with van der Waals surface area (Å²) in [5.74, 6) is 0. The second kappa shape index (κ2) is 16.9. The smallest absolute Gasteiger partial charge is 0.0386 e. The Morgan fingerprint density at radius 1 is 0.583 bits per heavy atom. The van der Waals surface area contributed by atoms with Crippen LogP contribution in [0.1, 0.15) is 110 Å². The minimum atomic E-state index is 1.12. The Morgan fingerprint density at radius 3 is 1.46 bits per heavy atom. The number of hydrogen-bond acceptors (Lipinski definition) is 2. The van der Waals surface area contributed by atoms with Crippen LogP contribution in [0.3, 0.4) is 0 Å². The summed E-state index contributed by atoms with van der Waals surface area (Å²) in [5.41, 5.74) is 3.24. The lowest BCUT2D eigenvalue weighted by atomic mass is 10.0. The van der Waals surface area contributed by atoms with E-state index in [0.717, 1.165) is 6.54 Å². The average Bonchev–Trinajstić information content (AvgIpc) is 2.62. The van der Waals surface area contributed by atoms with Gasteiger partial charge in [-0.25, -0.2) is 0 Å². The maximum Gasteiger partial charge on any atom is 0.0386 e. The highest BCUT2D eigenvalue weighted by Crippen LogP contribution is 2.13. The van der Waals surface area contributed by atoms with Crippen molar-refractivity contribution in [2.24, 2.45) is 0 Å². The molecule has 0 fully saturated rings. The minimum absolute atomic E-state index is 1.12. The first-order valence-corrected chi connectivity index (χ1v) is 10.8. The van der Waals surface area contributed by atoms with E-state index >= 15 is 0 Å². The fourth-order valence-corrected chi connectivity index (χ4v) is 3.36. The fraction of sp³-hybridized carbons (Fsp3) is 0.818. The molecule has 0 aromatic rings. The predicted octanol–water partition coefficient (Wildman–Crippen LogP) is 7.10. The van der Waals surface area contributed by atoms with Crippen LogP contribution in [0.15, 0.2) is 24.6 Å². The van der Waals surface area contributed by atoms with Crippen molar-refractivity contribution in [2.45, 2.75) is 110 Å². The Morgan fingerprint density at radius 2 is 1.04 bits per heavy atom. The van der Waals surface area contributed by atoms with Crippen molar-refractivity contribution in [3.8, 4) is 0 Å². The van der Waals surface area contributed by atoms with E-state index < -0.39 is 0 Å². The summed E-state index contributed by atoms with van der Waals surface area (Å²) in [4.78, 5) is 0. The largest absolute Gasteiger partial charge is 0.306 e. The van der Waals surface area contributed by atoms with E-state index in [2.05, 4.69) is 29.6 Å². The van der Waals surface area contributed by atoms with Crippen molar-refractivity contribution < 1.29 is 0 Å². The van der Waals surface area contributed by atoms with Gasteiger partial charge in [0.2, 0.25) is 0 Å². The van der Waals surface area contributed by atoms with Gasteiger partial charge in [0.05, 0.1) is 0 Å². The van der Waals surface area contributed by atoms with Crippen LogP contribution in [0.25, 0.3) is 0 Å². The molecule has 0 saturated carbocycles. The normalized spacial score (nSPS) is 13.5. The van der Waals surface area contributed by atoms with E-state index in [-0.39, 0.29) is 0 Å². The van der Waals surface area contributed by atoms with Crippen molar-refractivity contribution >= 4 is 0 Å². The third-order valence-electron chi connectivity index (χ3n) is 4.97. The van der Waals surface area contributed by atoms with Gasteiger partial charge in [0.15, 0.2) is 0 Å². The van der Waals surface area contributed by atoms with Crippen LogP contribution in [0.5, 0.6) is 0 Å².